The van der Waals surface area contributed by atoms with Gasteiger partial charge < -0.3 is 25.5 Å². The van der Waals surface area contributed by atoms with E-state index < -0.39 is 12.0 Å². The fourth-order valence-corrected chi connectivity index (χ4v) is 5.75. The first-order valence-corrected chi connectivity index (χ1v) is 19.0. The number of allylic oxidation sites excluding steroid dienone is 2. The summed E-state index contributed by atoms with van der Waals surface area (Å²) in [5.41, 5.74) is 13.0. The quantitative estimate of drug-likeness (QED) is 0.0494. The lowest BCUT2D eigenvalue weighted by Gasteiger charge is -2.20. The molecule has 48 heavy (non-hydrogen) atoms. The summed E-state index contributed by atoms with van der Waals surface area (Å²) in [7, 11) is 0. The maximum Gasteiger partial charge on any atom is 0.323 e. The van der Waals surface area contributed by atoms with Gasteiger partial charge in [-0.25, -0.2) is 9.97 Å². The van der Waals surface area contributed by atoms with Crippen molar-refractivity contribution in [2.45, 2.75) is 162 Å². The van der Waals surface area contributed by atoms with Gasteiger partial charge in [0.15, 0.2) is 5.65 Å². The molecule has 0 unspecified atom stereocenters. The maximum absolute atomic E-state index is 12.4. The van der Waals surface area contributed by atoms with Crippen LogP contribution in [0.3, 0.4) is 0 Å². The number of unbranched alkanes of at least 4 members (excludes halogenated alkanes) is 15. The van der Waals surface area contributed by atoms with E-state index in [-0.39, 0.29) is 30.4 Å². The van der Waals surface area contributed by atoms with Crippen LogP contribution in [0.4, 0.5) is 5.95 Å². The van der Waals surface area contributed by atoms with Crippen LogP contribution in [0.2, 0.25) is 0 Å². The zero-order valence-corrected chi connectivity index (χ0v) is 30.4. The molecule has 0 fully saturated rings. The molecule has 4 N–H and O–H groups in total. The van der Waals surface area contributed by atoms with Crippen molar-refractivity contribution in [3.63, 3.8) is 0 Å². The van der Waals surface area contributed by atoms with Gasteiger partial charge in [0.1, 0.15) is 11.6 Å². The van der Waals surface area contributed by atoms with Gasteiger partial charge in [-0.2, -0.15) is 4.98 Å². The normalized spacial score (nSPS) is 13.0. The number of nitrogens with zero attached hydrogens (tertiary/aromatic N) is 4. The minimum Gasteiger partial charge on any atom is -0.466 e. The number of imidazole rings is 1. The highest BCUT2D eigenvalue weighted by Crippen LogP contribution is 2.18. The molecule has 10 heteroatoms. The highest BCUT2D eigenvalue weighted by molar-refractivity contribution is 5.75. The van der Waals surface area contributed by atoms with E-state index in [0.29, 0.717) is 43.6 Å². The molecule has 0 aliphatic carbocycles. The number of aromatic nitrogens is 4. The second-order valence-electron chi connectivity index (χ2n) is 13.7. The van der Waals surface area contributed by atoms with E-state index in [1.807, 2.05) is 18.4 Å². The lowest BCUT2D eigenvalue weighted by Crippen LogP contribution is -2.38. The molecule has 0 saturated carbocycles. The van der Waals surface area contributed by atoms with E-state index in [1.54, 1.807) is 12.5 Å². The van der Waals surface area contributed by atoms with Crippen LogP contribution in [0.1, 0.15) is 149 Å². The highest BCUT2D eigenvalue weighted by atomic mass is 16.5. The molecule has 0 spiro atoms. The minimum absolute atomic E-state index is 0.0143. The Kier molecular flexibility index (Phi) is 22.2. The van der Waals surface area contributed by atoms with Crippen LogP contribution in [0.5, 0.6) is 0 Å². The number of rotatable bonds is 29. The first-order chi connectivity index (χ1) is 23.3. The maximum atomic E-state index is 12.4. The van der Waals surface area contributed by atoms with Crippen LogP contribution in [0.25, 0.3) is 11.2 Å². The first-order valence-electron chi connectivity index (χ1n) is 19.0. The number of carbonyl (C=O) groups excluding carboxylic acids is 2. The Morgan fingerprint density at radius 2 is 1.44 bits per heavy atom. The number of esters is 2. The number of nitrogen functional groups attached to an aromatic ring is 1. The number of fused-ring (bicyclic) bond motifs is 1. The molecule has 0 aliphatic heterocycles. The molecular weight excluding hydrogens is 604 g/mol. The Morgan fingerprint density at radius 3 is 2.06 bits per heavy atom. The van der Waals surface area contributed by atoms with Crippen molar-refractivity contribution in [3.05, 3.63) is 24.7 Å². The van der Waals surface area contributed by atoms with Crippen molar-refractivity contribution in [1.82, 2.24) is 19.5 Å². The zero-order chi connectivity index (χ0) is 34.8. The van der Waals surface area contributed by atoms with Gasteiger partial charge in [-0.1, -0.05) is 110 Å². The van der Waals surface area contributed by atoms with Crippen molar-refractivity contribution >= 4 is 29.1 Å². The van der Waals surface area contributed by atoms with Crippen LogP contribution >= 0.6 is 0 Å². The molecule has 2 aromatic rings. The predicted octanol–water partition coefficient (Wildman–Crippen LogP) is 8.47. The largest absolute Gasteiger partial charge is 0.466 e. The van der Waals surface area contributed by atoms with Crippen LogP contribution < -0.4 is 11.5 Å². The van der Waals surface area contributed by atoms with E-state index in [1.165, 1.54) is 96.3 Å². The number of anilines is 1. The van der Waals surface area contributed by atoms with E-state index in [9.17, 15) is 9.59 Å². The number of hydrogen-bond acceptors (Lipinski definition) is 9. The Labute approximate surface area is 290 Å². The molecule has 0 radical (unpaired) electrons. The summed E-state index contributed by atoms with van der Waals surface area (Å²) in [6.07, 6.45) is 31.5. The third-order valence-electron chi connectivity index (χ3n) is 8.95. The number of ether oxygens (including phenoxy) is 2. The lowest BCUT2D eigenvalue weighted by molar-refractivity contribution is -0.147. The van der Waals surface area contributed by atoms with Crippen molar-refractivity contribution < 1.29 is 19.1 Å². The fourth-order valence-electron chi connectivity index (χ4n) is 5.75. The molecular formula is C38H66N6O4. The van der Waals surface area contributed by atoms with E-state index >= 15 is 0 Å². The van der Waals surface area contributed by atoms with Crippen LogP contribution in [0, 0.1) is 11.8 Å². The molecule has 2 aromatic heterocycles. The van der Waals surface area contributed by atoms with Gasteiger partial charge in [-0.15, -0.1) is 0 Å². The van der Waals surface area contributed by atoms with Gasteiger partial charge in [-0.05, 0) is 50.9 Å². The second kappa shape index (κ2) is 25.9. The van der Waals surface area contributed by atoms with Gasteiger partial charge in [0.2, 0.25) is 5.95 Å². The predicted molar refractivity (Wildman–Crippen MR) is 195 cm³/mol. The summed E-state index contributed by atoms with van der Waals surface area (Å²) < 4.78 is 13.0. The van der Waals surface area contributed by atoms with Gasteiger partial charge in [-0.3, -0.25) is 9.59 Å². The molecule has 0 saturated heterocycles. The Hall–Kier alpha value is -3.01. The summed E-state index contributed by atoms with van der Waals surface area (Å²) in [5, 5.41) is 0. The number of carbonyl (C=O) groups is 2. The summed E-state index contributed by atoms with van der Waals surface area (Å²) in [4.78, 5) is 37.4. The molecule has 2 rings (SSSR count). The summed E-state index contributed by atoms with van der Waals surface area (Å²) in [5.74, 6) is -0.447. The zero-order valence-electron chi connectivity index (χ0n) is 30.4. The minimum atomic E-state index is -0.671. The highest BCUT2D eigenvalue weighted by Gasteiger charge is 2.21. The molecule has 2 heterocycles. The Bertz CT molecular complexity index is 1170. The van der Waals surface area contributed by atoms with Gasteiger partial charge in [0, 0.05) is 18.9 Å². The van der Waals surface area contributed by atoms with Crippen LogP contribution in [-0.4, -0.2) is 50.7 Å². The molecule has 0 bridgehead atoms. The number of nitrogens with two attached hydrogens (primary N) is 2. The van der Waals surface area contributed by atoms with Gasteiger partial charge in [0.25, 0.3) is 0 Å². The molecule has 10 nitrogen and oxygen atoms in total. The molecule has 0 aromatic carbocycles. The Balaban J connectivity index is 1.52. The van der Waals surface area contributed by atoms with Gasteiger partial charge in [0.05, 0.1) is 25.7 Å². The molecule has 272 valence electrons. The standard InChI is InChI=1S/C38H66N6O4/c1-4-5-6-7-8-9-10-11-12-13-14-15-16-17-18-19-20-21-22-25-34(45)47-26-23-24-32(29-48-37(46)35(39)31(2)3)28-44-30-42-33-27-41-38(40)43-36(33)44/h11-12,27,30-32,35H,4-10,13-26,28-29,39H2,1-3H3,(H2,40,41,43)/t32-,35+/m1/s1. The molecule has 0 aliphatic rings. The van der Waals surface area contributed by atoms with E-state index in [2.05, 4.69) is 34.0 Å². The van der Waals surface area contributed by atoms with Crippen LogP contribution in [0.15, 0.2) is 24.7 Å². The van der Waals surface area contributed by atoms with Crippen molar-refractivity contribution in [2.24, 2.45) is 17.6 Å². The summed E-state index contributed by atoms with van der Waals surface area (Å²) in [6.45, 7) is 7.10. The third kappa shape index (κ3) is 18.5. The van der Waals surface area contributed by atoms with Crippen molar-refractivity contribution in [2.75, 3.05) is 18.9 Å². The van der Waals surface area contributed by atoms with Gasteiger partial charge >= 0.3 is 11.9 Å². The monoisotopic (exact) mass is 671 g/mol. The Morgan fingerprint density at radius 1 is 0.833 bits per heavy atom. The van der Waals surface area contributed by atoms with Crippen LogP contribution in [-0.2, 0) is 25.6 Å². The SMILES string of the molecule is CCCCCCCCC=CCCCCCCCCCCCC(=O)OCCC[C@@H](COC(=O)[C@@H](N)C(C)C)Cn1cnc2cnc(N)nc21. The van der Waals surface area contributed by atoms with E-state index in [0.717, 1.165) is 12.8 Å². The third-order valence-corrected chi connectivity index (χ3v) is 8.95. The summed E-state index contributed by atoms with van der Waals surface area (Å²) >= 11 is 0. The van der Waals surface area contributed by atoms with Crippen molar-refractivity contribution in [3.8, 4) is 0 Å². The van der Waals surface area contributed by atoms with Crippen molar-refractivity contribution in [1.29, 1.82) is 0 Å². The summed E-state index contributed by atoms with van der Waals surface area (Å²) in [6, 6.07) is -0.671. The molecule has 2 atom stereocenters. The average Bonchev–Trinajstić information content (AvgIpc) is 3.47. The first kappa shape index (κ1) is 41.2. The van der Waals surface area contributed by atoms with E-state index in [4.69, 9.17) is 20.9 Å². The molecule has 0 amide bonds. The fraction of sp³-hybridized carbons (Fsp3) is 0.763. The number of hydrogen-bond donors (Lipinski definition) is 2. The lowest BCUT2D eigenvalue weighted by atomic mass is 10.0. The average molecular weight is 671 g/mol. The smallest absolute Gasteiger partial charge is 0.323 e. The topological polar surface area (TPSA) is 148 Å². The second-order valence-corrected chi connectivity index (χ2v) is 13.7.